The van der Waals surface area contributed by atoms with E-state index < -0.39 is 9.84 Å². The van der Waals surface area contributed by atoms with Gasteiger partial charge in [0, 0.05) is 17.1 Å². The smallest absolute Gasteiger partial charge is 0.233 e. The number of hydrogen-bond acceptors (Lipinski definition) is 6. The summed E-state index contributed by atoms with van der Waals surface area (Å²) in [5, 5.41) is 3.42. The molecule has 3 rings (SSSR count). The topological polar surface area (TPSA) is 75.4 Å². The molecule has 1 N–H and O–H groups in total. The van der Waals surface area contributed by atoms with Crippen LogP contribution in [0.4, 0.5) is 5.88 Å². The molecule has 148 valence electrons. The lowest BCUT2D eigenvalue weighted by molar-refractivity contribution is 0.404. The number of nitrogens with zero attached hydrogens (tertiary/aromatic N) is 2. The maximum atomic E-state index is 13.1. The van der Waals surface area contributed by atoms with Gasteiger partial charge >= 0.3 is 0 Å². The first-order chi connectivity index (χ1) is 13.4. The predicted molar refractivity (Wildman–Crippen MR) is 111 cm³/mol. The van der Waals surface area contributed by atoms with Gasteiger partial charge in [-0.15, -0.1) is 0 Å². The molecule has 2 aromatic carbocycles. The Labute approximate surface area is 170 Å². The number of halogens is 1. The van der Waals surface area contributed by atoms with Crippen LogP contribution < -0.4 is 5.32 Å². The van der Waals surface area contributed by atoms with Crippen LogP contribution in [-0.4, -0.2) is 45.5 Å². The third-order valence-electron chi connectivity index (χ3n) is 4.06. The molecular formula is C20H22ClN3O3S. The molecule has 0 fully saturated rings. The van der Waals surface area contributed by atoms with E-state index in [0.717, 1.165) is 13.0 Å². The van der Waals surface area contributed by atoms with E-state index in [9.17, 15) is 8.42 Å². The normalized spacial score (nSPS) is 11.7. The number of oxazole rings is 1. The molecule has 0 amide bonds. The van der Waals surface area contributed by atoms with Crippen LogP contribution in [0.2, 0.25) is 5.02 Å². The van der Waals surface area contributed by atoms with Crippen molar-refractivity contribution in [2.45, 2.75) is 16.3 Å². The monoisotopic (exact) mass is 419 g/mol. The van der Waals surface area contributed by atoms with Gasteiger partial charge in [-0.25, -0.2) is 8.42 Å². The van der Waals surface area contributed by atoms with Gasteiger partial charge in [0.1, 0.15) is 0 Å². The Balaban J connectivity index is 1.97. The van der Waals surface area contributed by atoms with Crippen LogP contribution in [0.15, 0.2) is 68.9 Å². The van der Waals surface area contributed by atoms with E-state index in [2.05, 4.69) is 15.2 Å². The summed E-state index contributed by atoms with van der Waals surface area (Å²) in [6, 6.07) is 15.2. The van der Waals surface area contributed by atoms with Crippen LogP contribution >= 0.6 is 11.6 Å². The van der Waals surface area contributed by atoms with E-state index in [1.165, 1.54) is 24.3 Å². The van der Waals surface area contributed by atoms with Crippen LogP contribution in [0, 0.1) is 0 Å². The van der Waals surface area contributed by atoms with E-state index in [-0.39, 0.29) is 21.7 Å². The average molecular weight is 420 g/mol. The molecule has 6 nitrogen and oxygen atoms in total. The lowest BCUT2D eigenvalue weighted by atomic mass is 10.2. The van der Waals surface area contributed by atoms with E-state index in [0.29, 0.717) is 17.1 Å². The Kier molecular flexibility index (Phi) is 6.39. The van der Waals surface area contributed by atoms with Gasteiger partial charge in [0.2, 0.25) is 26.6 Å². The highest BCUT2D eigenvalue weighted by molar-refractivity contribution is 7.91. The summed E-state index contributed by atoms with van der Waals surface area (Å²) in [4.78, 5) is 6.47. The molecule has 0 aliphatic heterocycles. The first-order valence-electron chi connectivity index (χ1n) is 8.83. The number of rotatable bonds is 8. The second kappa shape index (κ2) is 8.77. The Bertz CT molecular complexity index is 1020. The van der Waals surface area contributed by atoms with Crippen LogP contribution in [0.3, 0.4) is 0 Å². The lowest BCUT2D eigenvalue weighted by Gasteiger charge is -2.10. The van der Waals surface area contributed by atoms with E-state index in [1.807, 2.05) is 44.4 Å². The molecular weight excluding hydrogens is 398 g/mol. The molecule has 28 heavy (non-hydrogen) atoms. The quantitative estimate of drug-likeness (QED) is 0.552. The fourth-order valence-electron chi connectivity index (χ4n) is 2.63. The van der Waals surface area contributed by atoms with Crippen LogP contribution in [0.25, 0.3) is 11.5 Å². The molecule has 0 aliphatic carbocycles. The molecule has 0 unspecified atom stereocenters. The molecule has 8 heteroatoms. The van der Waals surface area contributed by atoms with Gasteiger partial charge < -0.3 is 14.6 Å². The second-order valence-corrected chi connectivity index (χ2v) is 8.86. The van der Waals surface area contributed by atoms with Crippen molar-refractivity contribution in [3.8, 4) is 11.5 Å². The molecule has 0 aliphatic rings. The summed E-state index contributed by atoms with van der Waals surface area (Å²) in [6.45, 7) is 1.43. The van der Waals surface area contributed by atoms with Crippen molar-refractivity contribution < 1.29 is 12.8 Å². The van der Waals surface area contributed by atoms with Crippen molar-refractivity contribution in [2.24, 2.45) is 0 Å². The van der Waals surface area contributed by atoms with Crippen molar-refractivity contribution in [3.63, 3.8) is 0 Å². The predicted octanol–water partition coefficient (Wildman–Crippen LogP) is 4.19. The maximum absolute atomic E-state index is 13.1. The van der Waals surface area contributed by atoms with Crippen LogP contribution in [0.1, 0.15) is 6.42 Å². The lowest BCUT2D eigenvalue weighted by Crippen LogP contribution is -2.17. The average Bonchev–Trinajstić information content (AvgIpc) is 3.11. The third kappa shape index (κ3) is 4.73. The summed E-state index contributed by atoms with van der Waals surface area (Å²) >= 11 is 5.89. The van der Waals surface area contributed by atoms with Crippen molar-refractivity contribution >= 4 is 27.3 Å². The summed E-state index contributed by atoms with van der Waals surface area (Å²) in [5.74, 6) is 0.399. The fraction of sp³-hybridized carbons (Fsp3) is 0.250. The highest BCUT2D eigenvalue weighted by atomic mass is 35.5. The minimum absolute atomic E-state index is 0.112. The van der Waals surface area contributed by atoms with E-state index >= 15 is 0 Å². The summed E-state index contributed by atoms with van der Waals surface area (Å²) in [5.41, 5.74) is 0.705. The van der Waals surface area contributed by atoms with Crippen LogP contribution in [0.5, 0.6) is 0 Å². The summed E-state index contributed by atoms with van der Waals surface area (Å²) in [6.07, 6.45) is 0.828. The second-order valence-electron chi connectivity index (χ2n) is 6.56. The number of sulfone groups is 1. The molecule has 0 bridgehead atoms. The van der Waals surface area contributed by atoms with Gasteiger partial charge in [0.15, 0.2) is 0 Å². The molecule has 0 saturated carbocycles. The van der Waals surface area contributed by atoms with Gasteiger partial charge in [-0.05, 0) is 63.5 Å². The molecule has 1 aromatic heterocycles. The zero-order valence-corrected chi connectivity index (χ0v) is 17.3. The standard InChI is InChI=1S/C20H22ClN3O3S/c1-24(2)14-6-13-22-19-20(23-18(27-19)15-7-4-3-5-8-15)28(25,26)17-11-9-16(21)10-12-17/h3-5,7-12,22H,6,13-14H2,1-2H3. The zero-order valence-electron chi connectivity index (χ0n) is 15.7. The van der Waals surface area contributed by atoms with Gasteiger partial charge in [0.05, 0.1) is 4.90 Å². The number of nitrogens with one attached hydrogen (secondary N) is 1. The SMILES string of the molecule is CN(C)CCCNc1oc(-c2ccccc2)nc1S(=O)(=O)c1ccc(Cl)cc1. The van der Waals surface area contributed by atoms with E-state index in [4.69, 9.17) is 16.0 Å². The first kappa shape index (κ1) is 20.4. The minimum atomic E-state index is -3.86. The molecule has 0 saturated heterocycles. The van der Waals surface area contributed by atoms with Crippen molar-refractivity contribution in [1.29, 1.82) is 0 Å². The number of aromatic nitrogens is 1. The Morgan fingerprint density at radius 3 is 2.39 bits per heavy atom. The molecule has 0 spiro atoms. The van der Waals surface area contributed by atoms with Crippen molar-refractivity contribution in [1.82, 2.24) is 9.88 Å². The molecule has 1 heterocycles. The Morgan fingerprint density at radius 2 is 1.75 bits per heavy atom. The highest BCUT2D eigenvalue weighted by Crippen LogP contribution is 2.32. The summed E-state index contributed by atoms with van der Waals surface area (Å²) in [7, 11) is 0.106. The van der Waals surface area contributed by atoms with Gasteiger partial charge in [-0.3, -0.25) is 0 Å². The van der Waals surface area contributed by atoms with E-state index in [1.54, 1.807) is 0 Å². The summed E-state index contributed by atoms with van der Waals surface area (Å²) < 4.78 is 32.1. The molecule has 3 aromatic rings. The third-order valence-corrected chi connectivity index (χ3v) is 5.99. The zero-order chi connectivity index (χ0) is 20.1. The molecule has 0 radical (unpaired) electrons. The van der Waals surface area contributed by atoms with Crippen molar-refractivity contribution in [3.05, 3.63) is 59.6 Å². The van der Waals surface area contributed by atoms with Crippen molar-refractivity contribution in [2.75, 3.05) is 32.5 Å². The Morgan fingerprint density at radius 1 is 1.07 bits per heavy atom. The highest BCUT2D eigenvalue weighted by Gasteiger charge is 2.28. The fourth-order valence-corrected chi connectivity index (χ4v) is 4.03. The Hall–Kier alpha value is -2.35. The van der Waals surface area contributed by atoms with Gasteiger partial charge in [-0.1, -0.05) is 29.8 Å². The van der Waals surface area contributed by atoms with Gasteiger partial charge in [-0.2, -0.15) is 4.98 Å². The van der Waals surface area contributed by atoms with Gasteiger partial charge in [0.25, 0.3) is 0 Å². The maximum Gasteiger partial charge on any atom is 0.233 e. The van der Waals surface area contributed by atoms with Crippen LogP contribution in [-0.2, 0) is 9.84 Å². The largest absolute Gasteiger partial charge is 0.419 e. The number of benzene rings is 2. The minimum Gasteiger partial charge on any atom is -0.419 e. The number of anilines is 1. The molecule has 0 atom stereocenters. The number of hydrogen-bond donors (Lipinski definition) is 1. The first-order valence-corrected chi connectivity index (χ1v) is 10.7.